The Kier molecular flexibility index (Phi) is 12.0. The van der Waals surface area contributed by atoms with Crippen LogP contribution in [0, 0.1) is 5.41 Å². The maximum atomic E-state index is 3.24. The highest BCUT2D eigenvalue weighted by atomic mass is 14.8. The number of hydrogen-bond acceptors (Lipinski definition) is 1. The van der Waals surface area contributed by atoms with Gasteiger partial charge in [-0.3, -0.25) is 0 Å². The zero-order chi connectivity index (χ0) is 13.7. The highest BCUT2D eigenvalue weighted by Crippen LogP contribution is 2.35. The van der Waals surface area contributed by atoms with Crippen LogP contribution in [-0.2, 0) is 0 Å². The van der Waals surface area contributed by atoms with Crippen LogP contribution < -0.4 is 5.32 Å². The molecule has 0 bridgehead atoms. The lowest BCUT2D eigenvalue weighted by Crippen LogP contribution is -2.16. The Balaban J connectivity index is 3.78. The number of unbranched alkanes of at least 4 members (excludes halogenated alkanes) is 5. The Labute approximate surface area is 116 Å². The molecular formula is C17H37N. The first-order chi connectivity index (χ1) is 8.68. The van der Waals surface area contributed by atoms with E-state index in [-0.39, 0.29) is 0 Å². The lowest BCUT2D eigenvalue weighted by atomic mass is 9.76. The van der Waals surface area contributed by atoms with Crippen molar-refractivity contribution >= 4 is 0 Å². The van der Waals surface area contributed by atoms with Gasteiger partial charge in [0.25, 0.3) is 0 Å². The molecular weight excluding hydrogens is 218 g/mol. The molecule has 0 saturated heterocycles. The SMILES string of the molecule is CCCCCCC(C)(CCC)CCCCCNC. The summed E-state index contributed by atoms with van der Waals surface area (Å²) in [5, 5.41) is 3.24. The van der Waals surface area contributed by atoms with E-state index in [1.807, 2.05) is 0 Å². The molecule has 0 aromatic carbocycles. The highest BCUT2D eigenvalue weighted by molar-refractivity contribution is 4.74. The van der Waals surface area contributed by atoms with Crippen LogP contribution >= 0.6 is 0 Å². The quantitative estimate of drug-likeness (QED) is 0.426. The second kappa shape index (κ2) is 12.0. The van der Waals surface area contributed by atoms with E-state index >= 15 is 0 Å². The molecule has 18 heavy (non-hydrogen) atoms. The minimum Gasteiger partial charge on any atom is -0.320 e. The molecule has 1 N–H and O–H groups in total. The van der Waals surface area contributed by atoms with Crippen molar-refractivity contribution in [3.05, 3.63) is 0 Å². The lowest BCUT2D eigenvalue weighted by molar-refractivity contribution is 0.229. The standard InChI is InChI=1S/C17H37N/c1-5-7-8-10-14-17(3,13-6-2)15-11-9-12-16-18-4/h18H,5-16H2,1-4H3. The van der Waals surface area contributed by atoms with Gasteiger partial charge >= 0.3 is 0 Å². The summed E-state index contributed by atoms with van der Waals surface area (Å²) in [6.07, 6.45) is 15.5. The molecule has 0 heterocycles. The largest absolute Gasteiger partial charge is 0.320 e. The summed E-state index contributed by atoms with van der Waals surface area (Å²) in [5.41, 5.74) is 0.627. The van der Waals surface area contributed by atoms with E-state index in [2.05, 4.69) is 33.1 Å². The van der Waals surface area contributed by atoms with Crippen LogP contribution in [0.4, 0.5) is 0 Å². The van der Waals surface area contributed by atoms with Crippen molar-refractivity contribution in [2.24, 2.45) is 5.41 Å². The Morgan fingerprint density at radius 2 is 1.33 bits per heavy atom. The predicted molar refractivity (Wildman–Crippen MR) is 84.2 cm³/mol. The minimum absolute atomic E-state index is 0.627. The van der Waals surface area contributed by atoms with E-state index in [9.17, 15) is 0 Å². The minimum atomic E-state index is 0.627. The molecule has 0 rings (SSSR count). The van der Waals surface area contributed by atoms with Crippen molar-refractivity contribution in [2.75, 3.05) is 13.6 Å². The number of rotatable bonds is 13. The van der Waals surface area contributed by atoms with Crippen LogP contribution in [0.25, 0.3) is 0 Å². The van der Waals surface area contributed by atoms with Crippen molar-refractivity contribution in [1.29, 1.82) is 0 Å². The zero-order valence-corrected chi connectivity index (χ0v) is 13.5. The lowest BCUT2D eigenvalue weighted by Gasteiger charge is -2.29. The fraction of sp³-hybridized carbons (Fsp3) is 1.00. The molecule has 1 unspecified atom stereocenters. The van der Waals surface area contributed by atoms with Gasteiger partial charge in [-0.25, -0.2) is 0 Å². The first-order valence-electron chi connectivity index (χ1n) is 8.33. The molecule has 0 aliphatic heterocycles. The van der Waals surface area contributed by atoms with E-state index < -0.39 is 0 Å². The third kappa shape index (κ3) is 9.94. The van der Waals surface area contributed by atoms with Gasteiger partial charge in [0.2, 0.25) is 0 Å². The fourth-order valence-electron chi connectivity index (χ4n) is 2.99. The third-order valence-corrected chi connectivity index (χ3v) is 4.19. The zero-order valence-electron chi connectivity index (χ0n) is 13.5. The maximum Gasteiger partial charge on any atom is -0.00519 e. The average Bonchev–Trinajstić information content (AvgIpc) is 2.35. The number of hydrogen-bond donors (Lipinski definition) is 1. The van der Waals surface area contributed by atoms with Gasteiger partial charge < -0.3 is 5.32 Å². The predicted octanol–water partition coefficient (Wildman–Crippen LogP) is 5.54. The molecule has 1 heteroatoms. The molecule has 0 radical (unpaired) electrons. The van der Waals surface area contributed by atoms with Crippen LogP contribution in [0.3, 0.4) is 0 Å². The topological polar surface area (TPSA) is 12.0 Å². The summed E-state index contributed by atoms with van der Waals surface area (Å²) in [7, 11) is 2.05. The van der Waals surface area contributed by atoms with Gasteiger partial charge in [0, 0.05) is 0 Å². The molecule has 1 nitrogen and oxygen atoms in total. The molecule has 1 atom stereocenters. The Bertz CT molecular complexity index is 167. The van der Waals surface area contributed by atoms with E-state index in [0.29, 0.717) is 5.41 Å². The molecule has 0 spiro atoms. The smallest absolute Gasteiger partial charge is 0.00519 e. The fourth-order valence-corrected chi connectivity index (χ4v) is 2.99. The van der Waals surface area contributed by atoms with Crippen LogP contribution in [0.2, 0.25) is 0 Å². The normalized spacial score (nSPS) is 14.7. The highest BCUT2D eigenvalue weighted by Gasteiger charge is 2.21. The van der Waals surface area contributed by atoms with Gasteiger partial charge in [0.1, 0.15) is 0 Å². The first-order valence-corrected chi connectivity index (χ1v) is 8.33. The van der Waals surface area contributed by atoms with Crippen molar-refractivity contribution < 1.29 is 0 Å². The van der Waals surface area contributed by atoms with Crippen molar-refractivity contribution in [1.82, 2.24) is 5.32 Å². The van der Waals surface area contributed by atoms with Gasteiger partial charge in [-0.15, -0.1) is 0 Å². The average molecular weight is 255 g/mol. The Morgan fingerprint density at radius 1 is 0.722 bits per heavy atom. The van der Waals surface area contributed by atoms with Crippen LogP contribution in [0.5, 0.6) is 0 Å². The molecule has 0 fully saturated rings. The van der Waals surface area contributed by atoms with Crippen LogP contribution in [0.1, 0.15) is 91.4 Å². The monoisotopic (exact) mass is 255 g/mol. The van der Waals surface area contributed by atoms with Crippen molar-refractivity contribution in [3.63, 3.8) is 0 Å². The molecule has 0 saturated carbocycles. The summed E-state index contributed by atoms with van der Waals surface area (Å²) < 4.78 is 0. The second-order valence-electron chi connectivity index (χ2n) is 6.29. The van der Waals surface area contributed by atoms with E-state index in [0.717, 1.165) is 0 Å². The molecule has 0 aromatic rings. The third-order valence-electron chi connectivity index (χ3n) is 4.19. The van der Waals surface area contributed by atoms with Gasteiger partial charge in [-0.1, -0.05) is 65.7 Å². The summed E-state index contributed by atoms with van der Waals surface area (Å²) in [5.74, 6) is 0. The molecule has 0 aromatic heterocycles. The van der Waals surface area contributed by atoms with Crippen LogP contribution in [-0.4, -0.2) is 13.6 Å². The molecule has 0 amide bonds. The summed E-state index contributed by atoms with van der Waals surface area (Å²) in [4.78, 5) is 0. The van der Waals surface area contributed by atoms with E-state index in [4.69, 9.17) is 0 Å². The van der Waals surface area contributed by atoms with E-state index in [1.54, 1.807) is 0 Å². The maximum absolute atomic E-state index is 3.24. The summed E-state index contributed by atoms with van der Waals surface area (Å²) >= 11 is 0. The van der Waals surface area contributed by atoms with E-state index in [1.165, 1.54) is 77.2 Å². The van der Waals surface area contributed by atoms with Gasteiger partial charge in [-0.05, 0) is 44.7 Å². The van der Waals surface area contributed by atoms with Gasteiger partial charge in [0.05, 0.1) is 0 Å². The second-order valence-corrected chi connectivity index (χ2v) is 6.29. The number of nitrogens with one attached hydrogen (secondary N) is 1. The Morgan fingerprint density at radius 3 is 1.83 bits per heavy atom. The molecule has 110 valence electrons. The summed E-state index contributed by atoms with van der Waals surface area (Å²) in [6, 6.07) is 0. The first kappa shape index (κ1) is 18.0. The van der Waals surface area contributed by atoms with Crippen LogP contribution in [0.15, 0.2) is 0 Å². The Hall–Kier alpha value is -0.0400. The molecule has 0 aliphatic carbocycles. The van der Waals surface area contributed by atoms with Gasteiger partial charge in [0.15, 0.2) is 0 Å². The molecule has 0 aliphatic rings. The van der Waals surface area contributed by atoms with Gasteiger partial charge in [-0.2, -0.15) is 0 Å². The summed E-state index contributed by atoms with van der Waals surface area (Å²) in [6.45, 7) is 8.35. The van der Waals surface area contributed by atoms with Crippen molar-refractivity contribution in [3.8, 4) is 0 Å². The van der Waals surface area contributed by atoms with Crippen molar-refractivity contribution in [2.45, 2.75) is 91.4 Å².